The number of rotatable bonds is 6. The molecular weight excluding hydrogens is 228 g/mol. The highest BCUT2D eigenvalue weighted by molar-refractivity contribution is 4.96. The summed E-state index contributed by atoms with van der Waals surface area (Å²) in [5.41, 5.74) is 0. The van der Waals surface area contributed by atoms with Crippen LogP contribution >= 0.6 is 0 Å². The molecule has 1 aromatic heterocycles. The summed E-state index contributed by atoms with van der Waals surface area (Å²) in [4.78, 5) is 6.86. The maximum Gasteiger partial charge on any atom is 0.122 e. The van der Waals surface area contributed by atoms with Gasteiger partial charge in [-0.15, -0.1) is 0 Å². The van der Waals surface area contributed by atoms with Crippen molar-refractivity contribution in [3.05, 3.63) is 18.2 Å². The van der Waals surface area contributed by atoms with E-state index in [4.69, 9.17) is 4.74 Å². The minimum Gasteiger partial charge on any atom is -0.383 e. The van der Waals surface area contributed by atoms with Gasteiger partial charge in [-0.1, -0.05) is 13.8 Å². The van der Waals surface area contributed by atoms with Gasteiger partial charge in [-0.3, -0.25) is 4.90 Å². The van der Waals surface area contributed by atoms with Crippen LogP contribution in [0.2, 0.25) is 0 Å². The molecule has 0 bridgehead atoms. The van der Waals surface area contributed by atoms with E-state index < -0.39 is 0 Å². The van der Waals surface area contributed by atoms with Gasteiger partial charge in [0, 0.05) is 51.2 Å². The molecule has 0 aromatic carbocycles. The molecule has 0 aliphatic carbocycles. The van der Waals surface area contributed by atoms with Gasteiger partial charge in [0.05, 0.1) is 13.2 Å². The Hall–Kier alpha value is -0.910. The number of aromatic nitrogens is 2. The molecule has 0 fully saturated rings. The van der Waals surface area contributed by atoms with Crippen LogP contribution in [0.15, 0.2) is 12.4 Å². The number of nitrogens with zero attached hydrogens (tertiary/aromatic N) is 3. The first kappa shape index (κ1) is 13.5. The molecule has 0 radical (unpaired) electrons. The van der Waals surface area contributed by atoms with Crippen molar-refractivity contribution in [2.45, 2.75) is 39.0 Å². The number of ether oxygens (including phenoxy) is 1. The monoisotopic (exact) mass is 252 g/mol. The second-order valence-corrected chi connectivity index (χ2v) is 5.18. The SMILES string of the molecule is COCC(CNC(C)C)N1CCn2ccnc2C1. The fraction of sp³-hybridized carbons (Fsp3) is 0.769. The number of fused-ring (bicyclic) bond motifs is 1. The maximum atomic E-state index is 5.35. The van der Waals surface area contributed by atoms with E-state index in [1.807, 2.05) is 6.20 Å². The molecule has 1 atom stereocenters. The van der Waals surface area contributed by atoms with E-state index in [0.717, 1.165) is 38.6 Å². The third kappa shape index (κ3) is 3.31. The molecule has 1 aliphatic heterocycles. The normalized spacial score (nSPS) is 18.0. The first-order valence-electron chi connectivity index (χ1n) is 6.67. The molecule has 1 aromatic rings. The molecule has 1 aliphatic rings. The Kier molecular flexibility index (Phi) is 4.74. The van der Waals surface area contributed by atoms with Gasteiger partial charge in [0.15, 0.2) is 0 Å². The van der Waals surface area contributed by atoms with Crippen LogP contribution in [0.1, 0.15) is 19.7 Å². The Labute approximate surface area is 109 Å². The summed E-state index contributed by atoms with van der Waals surface area (Å²) < 4.78 is 7.58. The molecule has 2 rings (SSSR count). The van der Waals surface area contributed by atoms with E-state index in [0.29, 0.717) is 12.1 Å². The van der Waals surface area contributed by atoms with Gasteiger partial charge in [0.2, 0.25) is 0 Å². The average Bonchev–Trinajstić information content (AvgIpc) is 2.81. The summed E-state index contributed by atoms with van der Waals surface area (Å²) in [5, 5.41) is 3.50. The Morgan fingerprint density at radius 2 is 2.28 bits per heavy atom. The molecule has 0 saturated heterocycles. The third-order valence-corrected chi connectivity index (χ3v) is 3.41. The average molecular weight is 252 g/mol. The molecule has 5 heteroatoms. The predicted molar refractivity (Wildman–Crippen MR) is 71.4 cm³/mol. The molecular formula is C13H24N4O. The summed E-state index contributed by atoms with van der Waals surface area (Å²) in [7, 11) is 1.77. The summed E-state index contributed by atoms with van der Waals surface area (Å²) in [6, 6.07) is 0.930. The summed E-state index contributed by atoms with van der Waals surface area (Å²) in [6.45, 7) is 9.08. The maximum absolute atomic E-state index is 5.35. The van der Waals surface area contributed by atoms with Crippen LogP contribution in [0.4, 0.5) is 0 Å². The fourth-order valence-corrected chi connectivity index (χ4v) is 2.36. The standard InChI is InChI=1S/C13H24N4O/c1-11(2)15-8-12(10-18-3)17-7-6-16-5-4-14-13(16)9-17/h4-5,11-12,15H,6-10H2,1-3H3. The lowest BCUT2D eigenvalue weighted by molar-refractivity contribution is 0.0695. The lowest BCUT2D eigenvalue weighted by Crippen LogP contribution is -2.49. The molecule has 1 N–H and O–H groups in total. The summed E-state index contributed by atoms with van der Waals surface area (Å²) in [5.74, 6) is 1.16. The van der Waals surface area contributed by atoms with Crippen LogP contribution in [-0.2, 0) is 17.8 Å². The zero-order valence-corrected chi connectivity index (χ0v) is 11.6. The minimum atomic E-state index is 0.419. The highest BCUT2D eigenvalue weighted by atomic mass is 16.5. The quantitative estimate of drug-likeness (QED) is 0.810. The van der Waals surface area contributed by atoms with Gasteiger partial charge in [-0.2, -0.15) is 0 Å². The molecule has 102 valence electrons. The van der Waals surface area contributed by atoms with Gasteiger partial charge in [0.25, 0.3) is 0 Å². The smallest absolute Gasteiger partial charge is 0.122 e. The van der Waals surface area contributed by atoms with E-state index in [1.165, 1.54) is 0 Å². The van der Waals surface area contributed by atoms with Crippen molar-refractivity contribution in [3.8, 4) is 0 Å². The van der Waals surface area contributed by atoms with E-state index >= 15 is 0 Å². The third-order valence-electron chi connectivity index (χ3n) is 3.41. The van der Waals surface area contributed by atoms with Crippen molar-refractivity contribution >= 4 is 0 Å². The number of methoxy groups -OCH3 is 1. The summed E-state index contributed by atoms with van der Waals surface area (Å²) >= 11 is 0. The van der Waals surface area contributed by atoms with Crippen LogP contribution in [0.3, 0.4) is 0 Å². The van der Waals surface area contributed by atoms with Gasteiger partial charge < -0.3 is 14.6 Å². The van der Waals surface area contributed by atoms with Crippen molar-refractivity contribution in [2.24, 2.45) is 0 Å². The van der Waals surface area contributed by atoms with Crippen LogP contribution in [0.5, 0.6) is 0 Å². The number of nitrogens with one attached hydrogen (secondary N) is 1. The Balaban J connectivity index is 1.95. The highest BCUT2D eigenvalue weighted by Crippen LogP contribution is 2.13. The number of imidazole rings is 1. The van der Waals surface area contributed by atoms with E-state index in [1.54, 1.807) is 7.11 Å². The Morgan fingerprint density at radius 3 is 3.00 bits per heavy atom. The molecule has 0 amide bonds. The van der Waals surface area contributed by atoms with Crippen molar-refractivity contribution in [1.82, 2.24) is 19.8 Å². The van der Waals surface area contributed by atoms with Crippen LogP contribution < -0.4 is 5.32 Å². The minimum absolute atomic E-state index is 0.419. The molecule has 2 heterocycles. The largest absolute Gasteiger partial charge is 0.383 e. The van der Waals surface area contributed by atoms with Crippen molar-refractivity contribution in [3.63, 3.8) is 0 Å². The van der Waals surface area contributed by atoms with Crippen LogP contribution in [0.25, 0.3) is 0 Å². The van der Waals surface area contributed by atoms with E-state index in [2.05, 4.69) is 39.8 Å². The molecule has 5 nitrogen and oxygen atoms in total. The number of hydrogen-bond acceptors (Lipinski definition) is 4. The van der Waals surface area contributed by atoms with Gasteiger partial charge in [-0.05, 0) is 0 Å². The molecule has 0 spiro atoms. The molecule has 1 unspecified atom stereocenters. The van der Waals surface area contributed by atoms with Gasteiger partial charge >= 0.3 is 0 Å². The first-order chi connectivity index (χ1) is 8.70. The topological polar surface area (TPSA) is 42.3 Å². The Bertz CT molecular complexity index is 364. The lowest BCUT2D eigenvalue weighted by atomic mass is 10.2. The fourth-order valence-electron chi connectivity index (χ4n) is 2.36. The second kappa shape index (κ2) is 6.31. The van der Waals surface area contributed by atoms with Crippen molar-refractivity contribution in [2.75, 3.05) is 26.8 Å². The summed E-state index contributed by atoms with van der Waals surface area (Å²) in [6.07, 6.45) is 3.95. The van der Waals surface area contributed by atoms with Gasteiger partial charge in [-0.25, -0.2) is 4.98 Å². The first-order valence-corrected chi connectivity index (χ1v) is 6.67. The van der Waals surface area contributed by atoms with Crippen molar-refractivity contribution < 1.29 is 4.74 Å². The highest BCUT2D eigenvalue weighted by Gasteiger charge is 2.23. The zero-order valence-electron chi connectivity index (χ0n) is 11.6. The number of hydrogen-bond donors (Lipinski definition) is 1. The zero-order chi connectivity index (χ0) is 13.0. The Morgan fingerprint density at radius 1 is 1.44 bits per heavy atom. The van der Waals surface area contributed by atoms with Crippen LogP contribution in [-0.4, -0.2) is 53.3 Å². The van der Waals surface area contributed by atoms with E-state index in [-0.39, 0.29) is 0 Å². The predicted octanol–water partition coefficient (Wildman–Crippen LogP) is 0.712. The molecule has 0 saturated carbocycles. The second-order valence-electron chi connectivity index (χ2n) is 5.18. The van der Waals surface area contributed by atoms with Crippen LogP contribution in [0, 0.1) is 0 Å². The van der Waals surface area contributed by atoms with Crippen molar-refractivity contribution in [1.29, 1.82) is 0 Å². The van der Waals surface area contributed by atoms with Gasteiger partial charge in [0.1, 0.15) is 5.82 Å². The van der Waals surface area contributed by atoms with E-state index in [9.17, 15) is 0 Å². The molecule has 18 heavy (non-hydrogen) atoms. The lowest BCUT2D eigenvalue weighted by Gasteiger charge is -2.35.